The Morgan fingerprint density at radius 2 is 2.12 bits per heavy atom. The van der Waals surface area contributed by atoms with E-state index in [2.05, 4.69) is 18.7 Å². The Balaban J connectivity index is 2.05. The summed E-state index contributed by atoms with van der Waals surface area (Å²) in [7, 11) is 0. The number of likely N-dealkylation sites (tertiary alicyclic amines) is 1. The van der Waals surface area contributed by atoms with Gasteiger partial charge in [0.05, 0.1) is 0 Å². The number of halogens is 1. The van der Waals surface area contributed by atoms with Crippen molar-refractivity contribution in [2.75, 3.05) is 13.1 Å². The van der Waals surface area contributed by atoms with Crippen molar-refractivity contribution in [1.82, 2.24) is 4.90 Å². The third-order valence-electron chi connectivity index (χ3n) is 3.10. The molecule has 0 spiro atoms. The van der Waals surface area contributed by atoms with Gasteiger partial charge < -0.3 is 5.11 Å². The summed E-state index contributed by atoms with van der Waals surface area (Å²) in [5, 5.41) is 9.31. The molecular formula is C13H18FNO. The zero-order chi connectivity index (χ0) is 11.8. The van der Waals surface area contributed by atoms with Crippen molar-refractivity contribution < 1.29 is 9.50 Å². The first-order valence-corrected chi connectivity index (χ1v) is 5.65. The fourth-order valence-electron chi connectivity index (χ4n) is 2.34. The lowest BCUT2D eigenvalue weighted by Crippen LogP contribution is -2.22. The fourth-order valence-corrected chi connectivity index (χ4v) is 2.34. The van der Waals surface area contributed by atoms with Crippen LogP contribution in [0.5, 0.6) is 5.75 Å². The molecule has 2 nitrogen and oxygen atoms in total. The minimum absolute atomic E-state index is 0.00783. The van der Waals surface area contributed by atoms with Crippen molar-refractivity contribution in [2.24, 2.45) is 5.41 Å². The SMILES string of the molecule is CC1(C)CCN(Cc2cc(O)cc(F)c2)C1. The first-order chi connectivity index (χ1) is 7.44. The van der Waals surface area contributed by atoms with Crippen molar-refractivity contribution in [3.8, 4) is 5.75 Å². The van der Waals surface area contributed by atoms with Crippen LogP contribution in [-0.2, 0) is 6.54 Å². The van der Waals surface area contributed by atoms with Crippen LogP contribution in [0.15, 0.2) is 18.2 Å². The van der Waals surface area contributed by atoms with Crippen molar-refractivity contribution in [3.05, 3.63) is 29.6 Å². The van der Waals surface area contributed by atoms with Gasteiger partial charge in [-0.15, -0.1) is 0 Å². The molecule has 16 heavy (non-hydrogen) atoms. The maximum Gasteiger partial charge on any atom is 0.127 e. The first kappa shape index (κ1) is 11.4. The number of benzene rings is 1. The molecule has 3 heteroatoms. The van der Waals surface area contributed by atoms with Gasteiger partial charge in [-0.25, -0.2) is 4.39 Å². The van der Waals surface area contributed by atoms with Gasteiger partial charge in [0.25, 0.3) is 0 Å². The van der Waals surface area contributed by atoms with E-state index in [0.717, 1.165) is 31.3 Å². The Bertz CT molecular complexity index is 369. The average Bonchev–Trinajstić information content (AvgIpc) is 2.43. The summed E-state index contributed by atoms with van der Waals surface area (Å²) in [6.07, 6.45) is 1.17. The summed E-state index contributed by atoms with van der Waals surface area (Å²) in [6, 6.07) is 4.26. The molecule has 1 aromatic carbocycles. The van der Waals surface area contributed by atoms with Crippen LogP contribution < -0.4 is 0 Å². The Morgan fingerprint density at radius 1 is 1.38 bits per heavy atom. The van der Waals surface area contributed by atoms with Crippen molar-refractivity contribution in [2.45, 2.75) is 26.8 Å². The highest BCUT2D eigenvalue weighted by Gasteiger charge is 2.28. The number of hydrogen-bond acceptors (Lipinski definition) is 2. The van der Waals surface area contributed by atoms with E-state index in [1.165, 1.54) is 12.5 Å². The second-order valence-corrected chi connectivity index (χ2v) is 5.44. The van der Waals surface area contributed by atoms with E-state index in [-0.39, 0.29) is 11.6 Å². The van der Waals surface area contributed by atoms with Gasteiger partial charge in [-0.3, -0.25) is 4.90 Å². The molecule has 1 aliphatic rings. The second kappa shape index (κ2) is 4.06. The lowest BCUT2D eigenvalue weighted by molar-refractivity contribution is 0.284. The zero-order valence-corrected chi connectivity index (χ0v) is 9.83. The normalized spacial score (nSPS) is 20.2. The third kappa shape index (κ3) is 2.73. The van der Waals surface area contributed by atoms with Gasteiger partial charge in [-0.05, 0) is 36.1 Å². The summed E-state index contributed by atoms with van der Waals surface area (Å²) in [4.78, 5) is 2.30. The molecule has 0 unspecified atom stereocenters. The quantitative estimate of drug-likeness (QED) is 0.833. The van der Waals surface area contributed by atoms with Gasteiger partial charge in [-0.1, -0.05) is 13.8 Å². The summed E-state index contributed by atoms with van der Waals surface area (Å²) >= 11 is 0. The van der Waals surface area contributed by atoms with Crippen LogP contribution in [0.25, 0.3) is 0 Å². The van der Waals surface area contributed by atoms with Gasteiger partial charge in [0.1, 0.15) is 11.6 Å². The van der Waals surface area contributed by atoms with Crippen LogP contribution in [-0.4, -0.2) is 23.1 Å². The van der Waals surface area contributed by atoms with Crippen molar-refractivity contribution in [3.63, 3.8) is 0 Å². The topological polar surface area (TPSA) is 23.5 Å². The fraction of sp³-hybridized carbons (Fsp3) is 0.538. The highest BCUT2D eigenvalue weighted by Crippen LogP contribution is 2.30. The predicted octanol–water partition coefficient (Wildman–Crippen LogP) is 2.76. The van der Waals surface area contributed by atoms with Gasteiger partial charge in [0, 0.05) is 19.2 Å². The van der Waals surface area contributed by atoms with E-state index >= 15 is 0 Å². The largest absolute Gasteiger partial charge is 0.508 e. The molecule has 0 bridgehead atoms. The lowest BCUT2D eigenvalue weighted by Gasteiger charge is -2.19. The molecular weight excluding hydrogens is 205 g/mol. The molecule has 0 aromatic heterocycles. The van der Waals surface area contributed by atoms with Crippen LogP contribution in [0.4, 0.5) is 4.39 Å². The number of phenolic OH excluding ortho intramolecular Hbond substituents is 1. The van der Waals surface area contributed by atoms with E-state index in [1.54, 1.807) is 6.07 Å². The molecule has 1 N–H and O–H groups in total. The zero-order valence-electron chi connectivity index (χ0n) is 9.83. The molecule has 1 fully saturated rings. The Labute approximate surface area is 95.7 Å². The van der Waals surface area contributed by atoms with Gasteiger partial charge in [0.2, 0.25) is 0 Å². The van der Waals surface area contributed by atoms with Crippen LogP contribution in [0, 0.1) is 11.2 Å². The molecule has 0 amide bonds. The number of hydrogen-bond donors (Lipinski definition) is 1. The molecule has 2 rings (SSSR count). The molecule has 1 aliphatic heterocycles. The Morgan fingerprint density at radius 3 is 2.69 bits per heavy atom. The summed E-state index contributed by atoms with van der Waals surface area (Å²) < 4.78 is 13.1. The highest BCUT2D eigenvalue weighted by atomic mass is 19.1. The van der Waals surface area contributed by atoms with E-state index in [1.807, 2.05) is 0 Å². The molecule has 1 saturated heterocycles. The number of rotatable bonds is 2. The smallest absolute Gasteiger partial charge is 0.127 e. The molecule has 0 atom stereocenters. The number of phenols is 1. The highest BCUT2D eigenvalue weighted by molar-refractivity contribution is 5.28. The van der Waals surface area contributed by atoms with E-state index < -0.39 is 0 Å². The molecule has 88 valence electrons. The van der Waals surface area contributed by atoms with E-state index in [9.17, 15) is 9.50 Å². The van der Waals surface area contributed by atoms with E-state index in [0.29, 0.717) is 5.41 Å². The summed E-state index contributed by atoms with van der Waals surface area (Å²) in [5.74, 6) is -0.359. The predicted molar refractivity (Wildman–Crippen MR) is 61.7 cm³/mol. The Kier molecular flexibility index (Phi) is 2.89. The second-order valence-electron chi connectivity index (χ2n) is 5.44. The average molecular weight is 223 g/mol. The monoisotopic (exact) mass is 223 g/mol. The van der Waals surface area contributed by atoms with Crippen LogP contribution in [0.3, 0.4) is 0 Å². The van der Waals surface area contributed by atoms with Crippen LogP contribution in [0.1, 0.15) is 25.8 Å². The van der Waals surface area contributed by atoms with Gasteiger partial charge in [0.15, 0.2) is 0 Å². The minimum atomic E-state index is -0.367. The molecule has 0 aliphatic carbocycles. The first-order valence-electron chi connectivity index (χ1n) is 5.65. The number of aromatic hydroxyl groups is 1. The Hall–Kier alpha value is -1.09. The van der Waals surface area contributed by atoms with Crippen molar-refractivity contribution in [1.29, 1.82) is 0 Å². The maximum absolute atomic E-state index is 13.1. The van der Waals surface area contributed by atoms with Gasteiger partial charge >= 0.3 is 0 Å². The molecule has 1 heterocycles. The van der Waals surface area contributed by atoms with Crippen molar-refractivity contribution >= 4 is 0 Å². The lowest BCUT2D eigenvalue weighted by atomic mass is 9.93. The summed E-state index contributed by atoms with van der Waals surface area (Å²) in [5.41, 5.74) is 1.20. The summed E-state index contributed by atoms with van der Waals surface area (Å²) in [6.45, 7) is 7.29. The number of nitrogens with zero attached hydrogens (tertiary/aromatic N) is 1. The standard InChI is InChI=1S/C13H18FNO/c1-13(2)3-4-15(9-13)8-10-5-11(14)7-12(16)6-10/h5-7,16H,3-4,8-9H2,1-2H3. The third-order valence-corrected chi connectivity index (χ3v) is 3.10. The molecule has 0 saturated carbocycles. The van der Waals surface area contributed by atoms with E-state index in [4.69, 9.17) is 0 Å². The molecule has 0 radical (unpaired) electrons. The maximum atomic E-state index is 13.1. The minimum Gasteiger partial charge on any atom is -0.508 e. The van der Waals surface area contributed by atoms with Gasteiger partial charge in [-0.2, -0.15) is 0 Å². The molecule has 1 aromatic rings. The van der Waals surface area contributed by atoms with Crippen LogP contribution >= 0.6 is 0 Å². The van der Waals surface area contributed by atoms with Crippen LogP contribution in [0.2, 0.25) is 0 Å².